The molecule has 7 nitrogen and oxygen atoms in total. The Morgan fingerprint density at radius 3 is 2.74 bits per heavy atom. The van der Waals surface area contributed by atoms with Crippen molar-refractivity contribution in [1.29, 1.82) is 0 Å². The number of amides is 1. The molecule has 1 amide bonds. The minimum absolute atomic E-state index is 0.0236. The summed E-state index contributed by atoms with van der Waals surface area (Å²) in [6.07, 6.45) is 0. The van der Waals surface area contributed by atoms with Crippen LogP contribution in [0.5, 0.6) is 5.75 Å². The van der Waals surface area contributed by atoms with E-state index in [0.29, 0.717) is 13.2 Å². The zero-order valence-electron chi connectivity index (χ0n) is 10.9. The summed E-state index contributed by atoms with van der Waals surface area (Å²) in [4.78, 5) is 21.9. The second kappa shape index (κ2) is 7.20. The summed E-state index contributed by atoms with van der Waals surface area (Å²) < 4.78 is 5.21. The van der Waals surface area contributed by atoms with Crippen molar-refractivity contribution in [3.63, 3.8) is 0 Å². The lowest BCUT2D eigenvalue weighted by atomic mass is 10.2. The molecule has 1 rings (SSSR count). The molecule has 1 aromatic carbocycles. The summed E-state index contributed by atoms with van der Waals surface area (Å²) in [5, 5.41) is 16.4. The minimum atomic E-state index is -0.523. The van der Waals surface area contributed by atoms with E-state index >= 15 is 0 Å². The molecule has 0 atom stereocenters. The number of rotatable bonds is 7. The third kappa shape index (κ3) is 4.13. The quantitative estimate of drug-likeness (QED) is 0.577. The maximum Gasteiger partial charge on any atom is 0.333 e. The Morgan fingerprint density at radius 2 is 2.16 bits per heavy atom. The fourth-order valence-corrected chi connectivity index (χ4v) is 1.56. The van der Waals surface area contributed by atoms with Gasteiger partial charge >= 0.3 is 5.69 Å². The van der Waals surface area contributed by atoms with Gasteiger partial charge in [0, 0.05) is 6.54 Å². The summed E-state index contributed by atoms with van der Waals surface area (Å²) in [6, 6.07) is 4.71. The molecule has 0 saturated heterocycles. The third-order valence-electron chi connectivity index (χ3n) is 2.29. The zero-order valence-corrected chi connectivity index (χ0v) is 10.9. The lowest BCUT2D eigenvalue weighted by molar-refractivity contribution is -0.384. The van der Waals surface area contributed by atoms with E-state index in [1.807, 2.05) is 0 Å². The van der Waals surface area contributed by atoms with Crippen LogP contribution in [0.15, 0.2) is 18.2 Å². The molecule has 19 heavy (non-hydrogen) atoms. The fourth-order valence-electron chi connectivity index (χ4n) is 1.56. The van der Waals surface area contributed by atoms with Crippen molar-refractivity contribution >= 4 is 17.3 Å². The molecule has 7 heteroatoms. The molecule has 0 aliphatic rings. The van der Waals surface area contributed by atoms with Crippen LogP contribution in [0.25, 0.3) is 0 Å². The van der Waals surface area contributed by atoms with Gasteiger partial charge in [0.05, 0.1) is 18.1 Å². The van der Waals surface area contributed by atoms with E-state index < -0.39 is 4.92 Å². The van der Waals surface area contributed by atoms with Gasteiger partial charge in [0.1, 0.15) is 5.69 Å². The normalized spacial score (nSPS) is 9.79. The van der Waals surface area contributed by atoms with Crippen LogP contribution < -0.4 is 15.4 Å². The molecule has 0 aliphatic carbocycles. The molecule has 2 N–H and O–H groups in total. The zero-order chi connectivity index (χ0) is 14.3. The van der Waals surface area contributed by atoms with E-state index in [4.69, 9.17) is 4.74 Å². The largest absolute Gasteiger partial charge is 0.487 e. The van der Waals surface area contributed by atoms with Crippen LogP contribution in [-0.4, -0.2) is 30.5 Å². The van der Waals surface area contributed by atoms with E-state index in [1.165, 1.54) is 6.07 Å². The second-order valence-electron chi connectivity index (χ2n) is 3.65. The topological polar surface area (TPSA) is 93.5 Å². The molecule has 0 saturated carbocycles. The highest BCUT2D eigenvalue weighted by Crippen LogP contribution is 2.34. The van der Waals surface area contributed by atoms with Crippen LogP contribution in [-0.2, 0) is 4.79 Å². The van der Waals surface area contributed by atoms with Crippen molar-refractivity contribution in [2.75, 3.05) is 25.0 Å². The Kier molecular flexibility index (Phi) is 5.59. The Labute approximate surface area is 111 Å². The number of hydrogen-bond donors (Lipinski definition) is 2. The summed E-state index contributed by atoms with van der Waals surface area (Å²) in [7, 11) is 0. The fraction of sp³-hybridized carbons (Fsp3) is 0.417. The summed E-state index contributed by atoms with van der Waals surface area (Å²) >= 11 is 0. The lowest BCUT2D eigenvalue weighted by Crippen LogP contribution is -2.29. The Bertz CT molecular complexity index is 462. The molecule has 0 bridgehead atoms. The van der Waals surface area contributed by atoms with Gasteiger partial charge in [-0.05, 0) is 26.0 Å². The summed E-state index contributed by atoms with van der Waals surface area (Å²) in [5.41, 5.74) is 0.107. The Balaban J connectivity index is 2.90. The molecular formula is C12H17N3O4. The molecule has 0 radical (unpaired) electrons. The van der Waals surface area contributed by atoms with Gasteiger partial charge in [-0.1, -0.05) is 6.07 Å². The first-order valence-corrected chi connectivity index (χ1v) is 6.00. The standard InChI is InChI=1S/C12H17N3O4/c1-3-13-11(16)8-14-9-6-5-7-10(19-4-2)12(9)15(17)18/h5-7,14H,3-4,8H2,1-2H3,(H,13,16). The van der Waals surface area contributed by atoms with Crippen molar-refractivity contribution in [1.82, 2.24) is 5.32 Å². The Morgan fingerprint density at radius 1 is 1.42 bits per heavy atom. The van der Waals surface area contributed by atoms with E-state index in [2.05, 4.69) is 10.6 Å². The smallest absolute Gasteiger partial charge is 0.333 e. The van der Waals surface area contributed by atoms with E-state index in [0.717, 1.165) is 0 Å². The highest BCUT2D eigenvalue weighted by molar-refractivity contribution is 5.82. The molecule has 0 fully saturated rings. The van der Waals surface area contributed by atoms with Crippen LogP contribution in [0.3, 0.4) is 0 Å². The van der Waals surface area contributed by atoms with Gasteiger partial charge in [-0.15, -0.1) is 0 Å². The number of ether oxygens (including phenoxy) is 1. The van der Waals surface area contributed by atoms with E-state index in [9.17, 15) is 14.9 Å². The lowest BCUT2D eigenvalue weighted by Gasteiger charge is -2.10. The molecule has 1 aromatic rings. The molecule has 0 heterocycles. The second-order valence-corrected chi connectivity index (χ2v) is 3.65. The van der Waals surface area contributed by atoms with Crippen molar-refractivity contribution in [2.45, 2.75) is 13.8 Å². The molecule has 104 valence electrons. The number of para-hydroxylation sites is 1. The average Bonchev–Trinajstić information content (AvgIpc) is 2.37. The van der Waals surface area contributed by atoms with Crippen LogP contribution in [0, 0.1) is 10.1 Å². The monoisotopic (exact) mass is 267 g/mol. The predicted octanol–water partition coefficient (Wildman–Crippen LogP) is 1.54. The number of nitro groups is 1. The molecule has 0 aromatic heterocycles. The number of hydrogen-bond acceptors (Lipinski definition) is 5. The average molecular weight is 267 g/mol. The minimum Gasteiger partial charge on any atom is -0.487 e. The highest BCUT2D eigenvalue weighted by atomic mass is 16.6. The van der Waals surface area contributed by atoms with Gasteiger partial charge in [0.2, 0.25) is 5.91 Å². The first-order valence-electron chi connectivity index (χ1n) is 6.00. The van der Waals surface area contributed by atoms with Gasteiger partial charge in [0.25, 0.3) is 0 Å². The highest BCUT2D eigenvalue weighted by Gasteiger charge is 2.20. The van der Waals surface area contributed by atoms with Crippen molar-refractivity contribution in [2.24, 2.45) is 0 Å². The number of nitro benzene ring substituents is 1. The Hall–Kier alpha value is -2.31. The van der Waals surface area contributed by atoms with Crippen molar-refractivity contribution in [3.05, 3.63) is 28.3 Å². The number of nitrogens with zero attached hydrogens (tertiary/aromatic N) is 1. The van der Waals surface area contributed by atoms with Crippen LogP contribution in [0.4, 0.5) is 11.4 Å². The molecule has 0 unspecified atom stereocenters. The molecule has 0 aliphatic heterocycles. The number of benzene rings is 1. The SMILES string of the molecule is CCNC(=O)CNc1cccc(OCC)c1[N+](=O)[O-]. The van der Waals surface area contributed by atoms with Gasteiger partial charge in [0.15, 0.2) is 5.75 Å². The number of carbonyl (C=O) groups excluding carboxylic acids is 1. The van der Waals surface area contributed by atoms with Gasteiger partial charge in [-0.25, -0.2) is 0 Å². The summed E-state index contributed by atoms with van der Waals surface area (Å²) in [6.45, 7) is 4.38. The van der Waals surface area contributed by atoms with Crippen LogP contribution in [0.2, 0.25) is 0 Å². The van der Waals surface area contributed by atoms with E-state index in [-0.39, 0.29) is 29.6 Å². The first-order chi connectivity index (χ1) is 9.10. The van der Waals surface area contributed by atoms with Gasteiger partial charge < -0.3 is 15.4 Å². The van der Waals surface area contributed by atoms with Gasteiger partial charge in [-0.3, -0.25) is 14.9 Å². The number of nitrogens with one attached hydrogen (secondary N) is 2. The van der Waals surface area contributed by atoms with Crippen molar-refractivity contribution in [3.8, 4) is 5.75 Å². The van der Waals surface area contributed by atoms with E-state index in [1.54, 1.807) is 26.0 Å². The maximum absolute atomic E-state index is 11.3. The number of likely N-dealkylation sites (N-methyl/N-ethyl adjacent to an activating group) is 1. The van der Waals surface area contributed by atoms with Crippen LogP contribution in [0.1, 0.15) is 13.8 Å². The number of carbonyl (C=O) groups is 1. The summed E-state index contributed by atoms with van der Waals surface area (Å²) in [5.74, 6) is -0.0352. The molecular weight excluding hydrogens is 250 g/mol. The number of anilines is 1. The van der Waals surface area contributed by atoms with Crippen molar-refractivity contribution < 1.29 is 14.5 Å². The first kappa shape index (κ1) is 14.7. The maximum atomic E-state index is 11.3. The molecule has 0 spiro atoms. The van der Waals surface area contributed by atoms with Gasteiger partial charge in [-0.2, -0.15) is 0 Å². The predicted molar refractivity (Wildman–Crippen MR) is 71.4 cm³/mol. The van der Waals surface area contributed by atoms with Crippen LogP contribution >= 0.6 is 0 Å². The third-order valence-corrected chi connectivity index (χ3v) is 2.29.